The van der Waals surface area contributed by atoms with Crippen LogP contribution in [0.15, 0.2) is 66.1 Å². The minimum absolute atomic E-state index is 0.0151. The fourth-order valence-corrected chi connectivity index (χ4v) is 10.2. The summed E-state index contributed by atoms with van der Waals surface area (Å²) in [5.74, 6) is -1.48. The highest BCUT2D eigenvalue weighted by Crippen LogP contribution is 2.45. The number of hydrogen-bond donors (Lipinski definition) is 5. The first-order valence-corrected chi connectivity index (χ1v) is 24.5. The van der Waals surface area contributed by atoms with Gasteiger partial charge in [-0.15, -0.1) is 11.3 Å². The summed E-state index contributed by atoms with van der Waals surface area (Å²) in [6.45, 7) is 6.64. The van der Waals surface area contributed by atoms with E-state index in [1.165, 1.54) is 16.2 Å². The summed E-state index contributed by atoms with van der Waals surface area (Å²) in [4.78, 5) is 81.2. The standard InChI is InChI=1S/C50H62N8O8S/c1-5-6-7-8-9-16-33-25-50(33,47(62)63)56-45(60)42-23-35(66-43-24-39(41-29-67-49(55-41)52-30(2)3)53-38-22-34(65-4)18-19-37(38)43)27-58(42)44(59)26-51-48(64)54-40(32-14-12-15-32)28-57-21-20-31-13-10-11-17-36(31)46(57)61/h9-11,13,16-19,22,24,29-30,32-33,35,40,42H,5-8,12,14-15,20-21,23,25-28H2,1-4H3,(H,52,55)(H,56,60)(H,62,63)(H2,51,54,64)/b16-9-/t33?,35?,40-,42+,50-/m1/s1. The zero-order valence-corrected chi connectivity index (χ0v) is 39.5. The third-order valence-corrected chi connectivity index (χ3v) is 14.2. The molecule has 8 rings (SSSR count). The quantitative estimate of drug-likeness (QED) is 0.0461. The van der Waals surface area contributed by atoms with Crippen LogP contribution in [-0.2, 0) is 20.8 Å². The first kappa shape index (κ1) is 47.3. The van der Waals surface area contributed by atoms with Crippen LogP contribution >= 0.6 is 11.3 Å². The van der Waals surface area contributed by atoms with Crippen molar-refractivity contribution in [1.29, 1.82) is 0 Å². The van der Waals surface area contributed by atoms with Gasteiger partial charge in [-0.05, 0) is 82.1 Å². The number of ether oxygens (including phenoxy) is 2. The molecule has 2 aromatic heterocycles. The number of anilines is 1. The maximum atomic E-state index is 14.4. The zero-order valence-electron chi connectivity index (χ0n) is 38.7. The number of urea groups is 1. The van der Waals surface area contributed by atoms with Crippen molar-refractivity contribution in [2.45, 2.75) is 115 Å². The molecule has 2 saturated carbocycles. The predicted octanol–water partition coefficient (Wildman–Crippen LogP) is 6.80. The lowest BCUT2D eigenvalue weighted by molar-refractivity contribution is -0.145. The maximum absolute atomic E-state index is 14.4. The maximum Gasteiger partial charge on any atom is 0.330 e. The number of hydrogen-bond acceptors (Lipinski definition) is 11. The van der Waals surface area contributed by atoms with Crippen LogP contribution in [0.1, 0.15) is 94.5 Å². The minimum atomic E-state index is -1.50. The van der Waals surface area contributed by atoms with Crippen molar-refractivity contribution >= 4 is 57.1 Å². The van der Waals surface area contributed by atoms with E-state index in [2.05, 4.69) is 28.2 Å². The Bertz CT molecular complexity index is 2510. The minimum Gasteiger partial charge on any atom is -0.497 e. The van der Waals surface area contributed by atoms with Crippen molar-refractivity contribution in [1.82, 2.24) is 35.7 Å². The Hall–Kier alpha value is -6.23. The molecule has 2 aromatic carbocycles. The number of nitrogens with one attached hydrogen (secondary N) is 4. The van der Waals surface area contributed by atoms with E-state index >= 15 is 0 Å². The van der Waals surface area contributed by atoms with Gasteiger partial charge in [-0.1, -0.05) is 56.5 Å². The molecule has 1 saturated heterocycles. The molecule has 2 aliphatic carbocycles. The van der Waals surface area contributed by atoms with Gasteiger partial charge in [0.2, 0.25) is 11.8 Å². The molecule has 4 aliphatic rings. The zero-order chi connectivity index (χ0) is 47.2. The fraction of sp³-hybridized carbons (Fsp3) is 0.500. The van der Waals surface area contributed by atoms with Crippen molar-refractivity contribution in [3.63, 3.8) is 0 Å². The Morgan fingerprint density at radius 2 is 1.88 bits per heavy atom. The molecule has 16 nitrogen and oxygen atoms in total. The Morgan fingerprint density at radius 3 is 2.63 bits per heavy atom. The molecule has 0 radical (unpaired) electrons. The molecule has 2 aliphatic heterocycles. The van der Waals surface area contributed by atoms with E-state index in [9.17, 15) is 29.1 Å². The average Bonchev–Trinajstić information content (AvgIpc) is 3.55. The summed E-state index contributed by atoms with van der Waals surface area (Å²) in [5, 5.41) is 25.7. The van der Waals surface area contributed by atoms with Crippen molar-refractivity contribution < 1.29 is 38.6 Å². The van der Waals surface area contributed by atoms with Crippen LogP contribution in [-0.4, -0.2) is 118 Å². The Morgan fingerprint density at radius 1 is 1.06 bits per heavy atom. The van der Waals surface area contributed by atoms with Gasteiger partial charge in [-0.25, -0.2) is 19.6 Å². The number of amides is 5. The number of allylic oxidation sites excluding steroid dienone is 1. The molecule has 5 amide bonds. The van der Waals surface area contributed by atoms with Crippen LogP contribution in [0.3, 0.4) is 0 Å². The molecule has 0 spiro atoms. The number of fused-ring (bicyclic) bond motifs is 2. The Kier molecular flexibility index (Phi) is 14.6. The second-order valence-corrected chi connectivity index (χ2v) is 19.4. The lowest BCUT2D eigenvalue weighted by Gasteiger charge is -2.38. The molecule has 3 fully saturated rings. The number of carboxylic acid groups (broad SMARTS) is 1. The van der Waals surface area contributed by atoms with E-state index in [1.807, 2.05) is 61.7 Å². The van der Waals surface area contributed by atoms with Crippen LogP contribution in [0.25, 0.3) is 22.3 Å². The van der Waals surface area contributed by atoms with Gasteiger partial charge in [0.05, 0.1) is 37.5 Å². The number of carbonyl (C=O) groups excluding carboxylic acids is 4. The first-order chi connectivity index (χ1) is 32.3. The number of carboxylic acids is 1. The summed E-state index contributed by atoms with van der Waals surface area (Å²) in [6.07, 6.45) is 11.0. The monoisotopic (exact) mass is 934 g/mol. The summed E-state index contributed by atoms with van der Waals surface area (Å²) in [6, 6.07) is 13.0. The molecule has 356 valence electrons. The predicted molar refractivity (Wildman–Crippen MR) is 256 cm³/mol. The number of unbranched alkanes of at least 4 members (excludes halogenated alkanes) is 3. The number of likely N-dealkylation sites (tertiary alicyclic amines) is 1. The van der Waals surface area contributed by atoms with Crippen LogP contribution in [0.4, 0.5) is 9.93 Å². The number of rotatable bonds is 20. The lowest BCUT2D eigenvalue weighted by Crippen LogP contribution is -2.56. The molecule has 4 heterocycles. The van der Waals surface area contributed by atoms with Crippen LogP contribution in [0.5, 0.6) is 11.5 Å². The van der Waals surface area contributed by atoms with Crippen LogP contribution in [0.2, 0.25) is 0 Å². The fourth-order valence-electron chi connectivity index (χ4n) is 9.38. The van der Waals surface area contributed by atoms with Gasteiger partial charge in [-0.2, -0.15) is 0 Å². The number of aromatic nitrogens is 2. The highest BCUT2D eigenvalue weighted by Gasteiger charge is 2.61. The van der Waals surface area contributed by atoms with Gasteiger partial charge >= 0.3 is 12.0 Å². The normalized spacial score (nSPS) is 21.7. The third-order valence-electron chi connectivity index (χ3n) is 13.5. The second kappa shape index (κ2) is 20.7. The van der Waals surface area contributed by atoms with E-state index in [-0.39, 0.29) is 43.3 Å². The first-order valence-electron chi connectivity index (χ1n) is 23.7. The Labute approximate surface area is 395 Å². The average molecular weight is 935 g/mol. The van der Waals surface area contributed by atoms with Gasteiger partial charge in [0.1, 0.15) is 34.9 Å². The molecule has 5 N–H and O–H groups in total. The number of benzene rings is 2. The van der Waals surface area contributed by atoms with Gasteiger partial charge in [0.15, 0.2) is 5.13 Å². The highest BCUT2D eigenvalue weighted by molar-refractivity contribution is 7.14. The van der Waals surface area contributed by atoms with Crippen molar-refractivity contribution in [2.24, 2.45) is 11.8 Å². The van der Waals surface area contributed by atoms with Crippen molar-refractivity contribution in [3.05, 3.63) is 77.2 Å². The largest absolute Gasteiger partial charge is 0.497 e. The van der Waals surface area contributed by atoms with Gasteiger partial charge in [0.25, 0.3) is 5.91 Å². The van der Waals surface area contributed by atoms with Crippen LogP contribution in [0, 0.1) is 11.8 Å². The summed E-state index contributed by atoms with van der Waals surface area (Å²) in [5.41, 5.74) is 1.98. The molecule has 2 unspecified atom stereocenters. The molecule has 17 heteroatoms. The molecule has 4 aromatic rings. The summed E-state index contributed by atoms with van der Waals surface area (Å²) < 4.78 is 12.2. The SMILES string of the molecule is CCCCC/C=C\C1C[C@]1(NC(=O)[C@@H]1CC(Oc2cc(-c3csc(NC(C)C)n3)nc3cc(OC)ccc23)CN1C(=O)CNC(=O)N[C@H](CN1CCc2ccccc2C1=O)C1CCC1)C(=O)O. The smallest absolute Gasteiger partial charge is 0.330 e. The van der Waals surface area contributed by atoms with Gasteiger partial charge in [-0.3, -0.25) is 14.4 Å². The second-order valence-electron chi connectivity index (χ2n) is 18.5. The number of pyridine rings is 1. The van der Waals surface area contributed by atoms with Crippen LogP contribution < -0.4 is 30.7 Å². The van der Waals surface area contributed by atoms with Crippen molar-refractivity contribution in [3.8, 4) is 22.9 Å². The van der Waals surface area contributed by atoms with E-state index in [0.29, 0.717) is 52.4 Å². The molecule has 0 bridgehead atoms. The molecular formula is C50H62N8O8S. The molecular weight excluding hydrogens is 873 g/mol. The van der Waals surface area contributed by atoms with E-state index in [0.717, 1.165) is 62.1 Å². The van der Waals surface area contributed by atoms with E-state index < -0.39 is 54.0 Å². The van der Waals surface area contributed by atoms with Crippen molar-refractivity contribution in [2.75, 3.05) is 38.6 Å². The van der Waals surface area contributed by atoms with Gasteiger partial charge in [0, 0.05) is 59.9 Å². The number of thiazole rings is 1. The molecule has 67 heavy (non-hydrogen) atoms. The number of aliphatic carboxylic acids is 1. The van der Waals surface area contributed by atoms with Gasteiger partial charge < -0.3 is 45.6 Å². The highest BCUT2D eigenvalue weighted by atomic mass is 32.1. The lowest BCUT2D eigenvalue weighted by atomic mass is 9.79. The molecule has 5 atom stereocenters. The third kappa shape index (κ3) is 10.8. The summed E-state index contributed by atoms with van der Waals surface area (Å²) in [7, 11) is 1.58. The Balaban J connectivity index is 1.00. The number of carbonyl (C=O) groups is 5. The number of nitrogens with zero attached hydrogens (tertiary/aromatic N) is 4. The number of methoxy groups -OCH3 is 1. The topological polar surface area (TPSA) is 204 Å². The van der Waals surface area contributed by atoms with E-state index in [1.54, 1.807) is 30.2 Å². The van der Waals surface area contributed by atoms with E-state index in [4.69, 9.17) is 19.4 Å². The summed E-state index contributed by atoms with van der Waals surface area (Å²) >= 11 is 1.46.